The van der Waals surface area contributed by atoms with Crippen LogP contribution in [0.2, 0.25) is 0 Å². The molecule has 0 heterocycles. The van der Waals surface area contributed by atoms with Crippen LogP contribution in [0.25, 0.3) is 0 Å². The van der Waals surface area contributed by atoms with Crippen LogP contribution in [0.1, 0.15) is 219 Å². The van der Waals surface area contributed by atoms with E-state index in [0.29, 0.717) is 12.8 Å². The van der Waals surface area contributed by atoms with Crippen LogP contribution in [0.5, 0.6) is 0 Å². The molecule has 1 aliphatic carbocycles. The molecule has 61 heavy (non-hydrogen) atoms. The minimum absolute atomic E-state index is 0.0670. The first-order valence-corrected chi connectivity index (χ1v) is 25.6. The standard InChI is InChI=1S/C45H87O15P/c1-3-5-7-9-11-13-15-17-19-21-23-25-27-29-31-33-38(46)56-35-37(36-57-61(54,55)60-59-45(53)43(51)41(49)40(48)42(50)44(45)52)58-39(47)34-32-30-28-26-24-22-20-18-16-14-12-10-8-6-4-2/h37,40-44,48-53H,3-36H2,1-2H3,(H,54,55). The van der Waals surface area contributed by atoms with E-state index < -0.39 is 75.4 Å². The lowest BCUT2D eigenvalue weighted by Gasteiger charge is -2.45. The number of aliphatic hydroxyl groups is 6. The number of hydrogen-bond donors (Lipinski definition) is 7. The molecule has 16 heteroatoms. The number of carbonyl (C=O) groups is 2. The molecule has 15 nitrogen and oxygen atoms in total. The van der Waals surface area contributed by atoms with Crippen LogP contribution in [-0.2, 0) is 37.7 Å². The van der Waals surface area contributed by atoms with E-state index in [2.05, 4.69) is 23.4 Å². The quantitative estimate of drug-likeness (QED) is 0.00760. The molecule has 0 aliphatic heterocycles. The zero-order valence-corrected chi connectivity index (χ0v) is 38.7. The molecule has 0 amide bonds. The molecule has 1 rings (SSSR count). The largest absolute Gasteiger partial charge is 0.499 e. The van der Waals surface area contributed by atoms with Crippen LogP contribution in [0, 0.1) is 0 Å². The van der Waals surface area contributed by atoms with Gasteiger partial charge in [0.05, 0.1) is 6.61 Å². The molecular formula is C45H87O15P. The van der Waals surface area contributed by atoms with Crippen molar-refractivity contribution in [1.82, 2.24) is 0 Å². The lowest BCUT2D eigenvalue weighted by Crippen LogP contribution is -2.71. The molecule has 0 spiro atoms. The number of unbranched alkanes of at least 4 members (excludes halogenated alkanes) is 28. The Morgan fingerprint density at radius 1 is 0.508 bits per heavy atom. The van der Waals surface area contributed by atoms with E-state index in [1.807, 2.05) is 0 Å². The van der Waals surface area contributed by atoms with Crippen molar-refractivity contribution in [1.29, 1.82) is 0 Å². The van der Waals surface area contributed by atoms with Crippen molar-refractivity contribution < 1.29 is 73.2 Å². The van der Waals surface area contributed by atoms with E-state index in [1.165, 1.54) is 135 Å². The Morgan fingerprint density at radius 2 is 0.836 bits per heavy atom. The van der Waals surface area contributed by atoms with Gasteiger partial charge in [-0.25, -0.2) is 4.57 Å². The van der Waals surface area contributed by atoms with Crippen LogP contribution < -0.4 is 0 Å². The van der Waals surface area contributed by atoms with Gasteiger partial charge in [0.2, 0.25) is 0 Å². The van der Waals surface area contributed by atoms with Crippen molar-refractivity contribution in [3.05, 3.63) is 0 Å². The minimum Gasteiger partial charge on any atom is -0.462 e. The fraction of sp³-hybridized carbons (Fsp3) is 0.956. The SMILES string of the molecule is CCCCCCCCCCCCCCCCCC(=O)OCC(COP(=O)(O)OOC1(O)C(O)C(O)C(O)C(O)C1O)OC(=O)CCCCCCCCCCCCCCCCC. The van der Waals surface area contributed by atoms with E-state index in [1.54, 1.807) is 0 Å². The Balaban J connectivity index is 2.47. The molecule has 0 aromatic heterocycles. The van der Waals surface area contributed by atoms with E-state index in [0.717, 1.165) is 44.9 Å². The van der Waals surface area contributed by atoms with E-state index in [4.69, 9.17) is 14.0 Å². The van der Waals surface area contributed by atoms with Gasteiger partial charge in [-0.15, -0.1) is 4.67 Å². The first kappa shape index (κ1) is 57.8. The highest BCUT2D eigenvalue weighted by Gasteiger charge is 2.60. The highest BCUT2D eigenvalue weighted by Crippen LogP contribution is 2.46. The highest BCUT2D eigenvalue weighted by atomic mass is 31.2. The monoisotopic (exact) mass is 899 g/mol. The molecule has 6 atom stereocenters. The van der Waals surface area contributed by atoms with Crippen LogP contribution >= 0.6 is 7.82 Å². The summed E-state index contributed by atoms with van der Waals surface area (Å²) in [4.78, 5) is 39.9. The van der Waals surface area contributed by atoms with Gasteiger partial charge >= 0.3 is 19.8 Å². The molecule has 6 unspecified atom stereocenters. The smallest absolute Gasteiger partial charge is 0.462 e. The van der Waals surface area contributed by atoms with E-state index in [-0.39, 0.29) is 12.8 Å². The number of esters is 2. The summed E-state index contributed by atoms with van der Waals surface area (Å²) in [6.45, 7) is 3.17. The summed E-state index contributed by atoms with van der Waals surface area (Å²) in [5.41, 5.74) is 0. The maximum Gasteiger partial charge on any atom is 0.499 e. The zero-order valence-electron chi connectivity index (χ0n) is 37.8. The van der Waals surface area contributed by atoms with Gasteiger partial charge in [0.15, 0.2) is 6.10 Å². The van der Waals surface area contributed by atoms with Gasteiger partial charge in [0.25, 0.3) is 5.79 Å². The van der Waals surface area contributed by atoms with Gasteiger partial charge in [-0.2, -0.15) is 4.89 Å². The Bertz CT molecular complexity index is 1110. The summed E-state index contributed by atoms with van der Waals surface area (Å²) in [7, 11) is -5.32. The van der Waals surface area contributed by atoms with Gasteiger partial charge in [0.1, 0.15) is 37.1 Å². The van der Waals surface area contributed by atoms with Crippen molar-refractivity contribution in [2.24, 2.45) is 0 Å². The first-order valence-electron chi connectivity index (χ1n) is 24.1. The van der Waals surface area contributed by atoms with Gasteiger partial charge in [0, 0.05) is 12.8 Å². The number of ether oxygens (including phenoxy) is 2. The summed E-state index contributed by atoms with van der Waals surface area (Å²) in [6.07, 6.45) is 22.7. The number of aliphatic hydroxyl groups excluding tert-OH is 5. The third kappa shape index (κ3) is 27.6. The van der Waals surface area contributed by atoms with Crippen LogP contribution in [0.3, 0.4) is 0 Å². The minimum atomic E-state index is -5.32. The fourth-order valence-electron chi connectivity index (χ4n) is 7.54. The number of hydrogen-bond acceptors (Lipinski definition) is 14. The number of carbonyl (C=O) groups excluding carboxylic acids is 2. The average molecular weight is 899 g/mol. The van der Waals surface area contributed by atoms with Crippen molar-refractivity contribution in [3.8, 4) is 0 Å². The van der Waals surface area contributed by atoms with E-state index >= 15 is 0 Å². The van der Waals surface area contributed by atoms with Gasteiger partial charge in [-0.05, 0) is 12.8 Å². The van der Waals surface area contributed by atoms with Gasteiger partial charge < -0.3 is 45.0 Å². The van der Waals surface area contributed by atoms with E-state index in [9.17, 15) is 49.7 Å². The van der Waals surface area contributed by atoms with Crippen molar-refractivity contribution in [3.63, 3.8) is 0 Å². The number of phosphoric acid groups is 1. The third-order valence-corrected chi connectivity index (χ3v) is 12.3. The molecule has 1 aliphatic rings. The summed E-state index contributed by atoms with van der Waals surface area (Å²) in [6, 6.07) is 0. The Kier molecular flexibility index (Phi) is 34.1. The molecule has 7 N–H and O–H groups in total. The normalized spacial score (nSPS) is 23.1. The molecular weight excluding hydrogens is 811 g/mol. The van der Waals surface area contributed by atoms with Crippen molar-refractivity contribution >= 4 is 19.8 Å². The second kappa shape index (κ2) is 36.0. The molecule has 0 aromatic carbocycles. The highest BCUT2D eigenvalue weighted by molar-refractivity contribution is 7.47. The summed E-state index contributed by atoms with van der Waals surface area (Å²) < 4.78 is 32.6. The number of rotatable bonds is 41. The molecule has 362 valence electrons. The van der Waals surface area contributed by atoms with Crippen LogP contribution in [0.15, 0.2) is 0 Å². The lowest BCUT2D eigenvalue weighted by atomic mass is 9.82. The molecule has 0 radical (unpaired) electrons. The second-order valence-electron chi connectivity index (χ2n) is 17.2. The second-order valence-corrected chi connectivity index (χ2v) is 18.6. The van der Waals surface area contributed by atoms with Gasteiger partial charge in [-0.3, -0.25) is 14.1 Å². The maximum absolute atomic E-state index is 12.8. The van der Waals surface area contributed by atoms with Crippen LogP contribution in [-0.4, -0.2) is 103 Å². The molecule has 0 aromatic rings. The molecule has 1 saturated carbocycles. The summed E-state index contributed by atoms with van der Waals surface area (Å²) >= 11 is 0. The maximum atomic E-state index is 12.8. The third-order valence-electron chi connectivity index (χ3n) is 11.6. The molecule has 0 saturated heterocycles. The average Bonchev–Trinajstić information content (AvgIpc) is 3.24. The molecule has 0 bridgehead atoms. The summed E-state index contributed by atoms with van der Waals surface area (Å²) in [5, 5.41) is 60.3. The zero-order chi connectivity index (χ0) is 45.2. The topological polar surface area (TPSA) is 239 Å². The summed E-state index contributed by atoms with van der Waals surface area (Å²) in [5.74, 6) is -4.52. The lowest BCUT2D eigenvalue weighted by molar-refractivity contribution is -0.450. The van der Waals surface area contributed by atoms with Gasteiger partial charge in [-0.1, -0.05) is 194 Å². The Labute approximate surface area is 367 Å². The molecule has 1 fully saturated rings. The van der Waals surface area contributed by atoms with Crippen molar-refractivity contribution in [2.45, 2.75) is 262 Å². The Hall–Kier alpha value is -1.23. The Morgan fingerprint density at radius 3 is 1.20 bits per heavy atom. The predicted molar refractivity (Wildman–Crippen MR) is 233 cm³/mol. The first-order chi connectivity index (χ1) is 29.3. The predicted octanol–water partition coefficient (Wildman–Crippen LogP) is 8.54. The van der Waals surface area contributed by atoms with Crippen LogP contribution in [0.4, 0.5) is 0 Å². The fourth-order valence-corrected chi connectivity index (χ4v) is 8.16. The number of phosphoric ester groups is 1. The van der Waals surface area contributed by atoms with Crippen molar-refractivity contribution in [2.75, 3.05) is 13.2 Å².